The van der Waals surface area contributed by atoms with Crippen molar-refractivity contribution in [3.05, 3.63) is 0 Å². The SMILES string of the molecule is CCC1CCC(CN)(N(C)C2CCCC(C)C2)C1. The zero-order valence-corrected chi connectivity index (χ0v) is 12.6. The molecule has 2 rings (SSSR count). The molecular formula is C16H32N2. The smallest absolute Gasteiger partial charge is 0.0334 e. The number of nitrogens with zero attached hydrogens (tertiary/aromatic N) is 1. The van der Waals surface area contributed by atoms with Crippen LogP contribution in [0.15, 0.2) is 0 Å². The molecule has 0 saturated heterocycles. The first-order valence-electron chi connectivity index (χ1n) is 8.04. The highest BCUT2D eigenvalue weighted by molar-refractivity contribution is 5.00. The quantitative estimate of drug-likeness (QED) is 0.831. The van der Waals surface area contributed by atoms with Crippen LogP contribution >= 0.6 is 0 Å². The number of rotatable bonds is 4. The Morgan fingerprint density at radius 1 is 1.28 bits per heavy atom. The molecule has 2 aliphatic rings. The topological polar surface area (TPSA) is 29.3 Å². The van der Waals surface area contributed by atoms with Gasteiger partial charge in [-0.3, -0.25) is 4.90 Å². The van der Waals surface area contributed by atoms with Crippen molar-refractivity contribution < 1.29 is 0 Å². The van der Waals surface area contributed by atoms with Crippen LogP contribution in [0, 0.1) is 11.8 Å². The third-order valence-electron chi connectivity index (χ3n) is 5.85. The van der Waals surface area contributed by atoms with E-state index in [1.807, 2.05) is 0 Å². The standard InChI is InChI=1S/C16H32N2/c1-4-14-8-9-16(11-14,12-17)18(3)15-7-5-6-13(2)10-15/h13-15H,4-12,17H2,1-3H3. The number of hydrogen-bond acceptors (Lipinski definition) is 2. The Balaban J connectivity index is 2.03. The molecule has 4 atom stereocenters. The Kier molecular flexibility index (Phi) is 4.71. The average Bonchev–Trinajstić information content (AvgIpc) is 2.83. The van der Waals surface area contributed by atoms with Gasteiger partial charge in [-0.1, -0.05) is 33.1 Å². The molecule has 2 N–H and O–H groups in total. The predicted molar refractivity (Wildman–Crippen MR) is 78.6 cm³/mol. The van der Waals surface area contributed by atoms with E-state index in [9.17, 15) is 0 Å². The van der Waals surface area contributed by atoms with Crippen LogP contribution in [0.3, 0.4) is 0 Å². The lowest BCUT2D eigenvalue weighted by Crippen LogP contribution is -2.55. The van der Waals surface area contributed by atoms with Gasteiger partial charge in [-0.05, 0) is 51.0 Å². The fraction of sp³-hybridized carbons (Fsp3) is 1.00. The van der Waals surface area contributed by atoms with E-state index in [1.54, 1.807) is 0 Å². The van der Waals surface area contributed by atoms with E-state index in [2.05, 4.69) is 25.8 Å². The Bertz CT molecular complexity index is 266. The molecule has 0 radical (unpaired) electrons. The van der Waals surface area contributed by atoms with Gasteiger partial charge >= 0.3 is 0 Å². The summed E-state index contributed by atoms with van der Waals surface area (Å²) >= 11 is 0. The van der Waals surface area contributed by atoms with Crippen molar-refractivity contribution in [1.29, 1.82) is 0 Å². The molecule has 2 nitrogen and oxygen atoms in total. The van der Waals surface area contributed by atoms with Gasteiger partial charge in [0, 0.05) is 18.1 Å². The van der Waals surface area contributed by atoms with Crippen LogP contribution in [0.4, 0.5) is 0 Å². The van der Waals surface area contributed by atoms with Crippen molar-refractivity contribution >= 4 is 0 Å². The van der Waals surface area contributed by atoms with Crippen LogP contribution < -0.4 is 5.73 Å². The van der Waals surface area contributed by atoms with Crippen LogP contribution in [0.25, 0.3) is 0 Å². The highest BCUT2D eigenvalue weighted by Gasteiger charge is 2.43. The molecule has 0 aromatic carbocycles. The summed E-state index contributed by atoms with van der Waals surface area (Å²) in [4.78, 5) is 2.69. The van der Waals surface area contributed by atoms with Gasteiger partial charge in [-0.25, -0.2) is 0 Å². The summed E-state index contributed by atoms with van der Waals surface area (Å²) in [6, 6.07) is 0.785. The van der Waals surface area contributed by atoms with Crippen LogP contribution in [-0.2, 0) is 0 Å². The van der Waals surface area contributed by atoms with E-state index in [-0.39, 0.29) is 0 Å². The predicted octanol–water partition coefficient (Wildman–Crippen LogP) is 3.40. The second kappa shape index (κ2) is 5.92. The molecule has 0 heterocycles. The Hall–Kier alpha value is -0.0800. The molecule has 2 saturated carbocycles. The minimum Gasteiger partial charge on any atom is -0.329 e. The van der Waals surface area contributed by atoms with Gasteiger partial charge in [0.25, 0.3) is 0 Å². The summed E-state index contributed by atoms with van der Waals surface area (Å²) in [7, 11) is 2.35. The number of nitrogens with two attached hydrogens (primary N) is 1. The number of hydrogen-bond donors (Lipinski definition) is 1. The normalized spacial score (nSPS) is 41.5. The Labute approximate surface area is 113 Å². The molecule has 0 aromatic heterocycles. The molecule has 106 valence electrons. The maximum atomic E-state index is 6.19. The summed E-state index contributed by atoms with van der Waals surface area (Å²) in [5.41, 5.74) is 6.51. The van der Waals surface area contributed by atoms with Gasteiger partial charge < -0.3 is 5.73 Å². The van der Waals surface area contributed by atoms with Gasteiger partial charge in [0.1, 0.15) is 0 Å². The second-order valence-corrected chi connectivity index (χ2v) is 6.98. The summed E-state index contributed by atoms with van der Waals surface area (Å²) in [6.07, 6.45) is 11.0. The van der Waals surface area contributed by atoms with Gasteiger partial charge in [0.2, 0.25) is 0 Å². The van der Waals surface area contributed by atoms with E-state index < -0.39 is 0 Å². The summed E-state index contributed by atoms with van der Waals surface area (Å²) in [5.74, 6) is 1.82. The second-order valence-electron chi connectivity index (χ2n) is 6.98. The summed E-state index contributed by atoms with van der Waals surface area (Å²) in [5, 5.41) is 0. The maximum Gasteiger partial charge on any atom is 0.0334 e. The summed E-state index contributed by atoms with van der Waals surface area (Å²) < 4.78 is 0. The van der Waals surface area contributed by atoms with E-state index in [0.29, 0.717) is 5.54 Å². The summed E-state index contributed by atoms with van der Waals surface area (Å²) in [6.45, 7) is 5.60. The van der Waals surface area contributed by atoms with Crippen molar-refractivity contribution in [2.45, 2.75) is 76.8 Å². The monoisotopic (exact) mass is 252 g/mol. The first-order valence-corrected chi connectivity index (χ1v) is 8.04. The van der Waals surface area contributed by atoms with Crippen LogP contribution in [0.2, 0.25) is 0 Å². The fourth-order valence-electron chi connectivity index (χ4n) is 4.35. The Morgan fingerprint density at radius 3 is 2.61 bits per heavy atom. The molecule has 2 heteroatoms. The first kappa shape index (κ1) is 14.3. The molecule has 18 heavy (non-hydrogen) atoms. The molecule has 0 spiro atoms. The molecule has 0 bridgehead atoms. The third kappa shape index (κ3) is 2.75. The lowest BCUT2D eigenvalue weighted by atomic mass is 9.83. The molecule has 2 aliphatic carbocycles. The lowest BCUT2D eigenvalue weighted by Gasteiger charge is -2.45. The molecule has 0 aromatic rings. The molecule has 0 aliphatic heterocycles. The average molecular weight is 252 g/mol. The van der Waals surface area contributed by atoms with Crippen LogP contribution in [-0.4, -0.2) is 30.1 Å². The first-order chi connectivity index (χ1) is 8.61. The van der Waals surface area contributed by atoms with Crippen molar-refractivity contribution in [2.75, 3.05) is 13.6 Å². The maximum absolute atomic E-state index is 6.19. The molecular weight excluding hydrogens is 220 g/mol. The van der Waals surface area contributed by atoms with Gasteiger partial charge in [-0.2, -0.15) is 0 Å². The highest BCUT2D eigenvalue weighted by atomic mass is 15.2. The molecule has 2 fully saturated rings. The number of likely N-dealkylation sites (N-methyl/N-ethyl adjacent to an activating group) is 1. The van der Waals surface area contributed by atoms with Gasteiger partial charge in [0.15, 0.2) is 0 Å². The van der Waals surface area contributed by atoms with E-state index in [0.717, 1.165) is 24.4 Å². The van der Waals surface area contributed by atoms with Gasteiger partial charge in [0.05, 0.1) is 0 Å². The highest BCUT2D eigenvalue weighted by Crippen LogP contribution is 2.42. The minimum absolute atomic E-state index is 0.322. The van der Waals surface area contributed by atoms with Gasteiger partial charge in [-0.15, -0.1) is 0 Å². The van der Waals surface area contributed by atoms with E-state index in [4.69, 9.17) is 5.73 Å². The van der Waals surface area contributed by atoms with Crippen LogP contribution in [0.5, 0.6) is 0 Å². The van der Waals surface area contributed by atoms with Crippen molar-refractivity contribution in [2.24, 2.45) is 17.6 Å². The fourth-order valence-corrected chi connectivity index (χ4v) is 4.35. The van der Waals surface area contributed by atoms with E-state index in [1.165, 1.54) is 51.4 Å². The zero-order chi connectivity index (χ0) is 13.2. The minimum atomic E-state index is 0.322. The largest absolute Gasteiger partial charge is 0.329 e. The Morgan fingerprint density at radius 2 is 2.06 bits per heavy atom. The van der Waals surface area contributed by atoms with E-state index >= 15 is 0 Å². The lowest BCUT2D eigenvalue weighted by molar-refractivity contribution is 0.0481. The van der Waals surface area contributed by atoms with Crippen molar-refractivity contribution in [1.82, 2.24) is 4.90 Å². The third-order valence-corrected chi connectivity index (χ3v) is 5.85. The zero-order valence-electron chi connectivity index (χ0n) is 12.6. The molecule has 0 amide bonds. The van der Waals surface area contributed by atoms with Crippen molar-refractivity contribution in [3.8, 4) is 0 Å². The van der Waals surface area contributed by atoms with Crippen LogP contribution in [0.1, 0.15) is 65.2 Å². The molecule has 4 unspecified atom stereocenters. The van der Waals surface area contributed by atoms with Crippen molar-refractivity contribution in [3.63, 3.8) is 0 Å².